The number of hydrogen-bond donors (Lipinski definition) is 1. The molecule has 3 saturated heterocycles. The second-order valence-corrected chi connectivity index (χ2v) is 8.84. The molecule has 1 N–H and O–H groups in total. The van der Waals surface area contributed by atoms with E-state index < -0.39 is 0 Å². The fourth-order valence-electron chi connectivity index (χ4n) is 4.96. The molecule has 1 aromatic rings. The van der Waals surface area contributed by atoms with Gasteiger partial charge in [0.1, 0.15) is 0 Å². The standard InChI is InChI=1S/C23H36N4O.HI/c1-3-24-22(27-14-10-23(17-27)11-15-28-18-23)25-16-21(26-12-4-5-13-26)20-8-6-19(2)7-9-20;/h6-9,21H,3-5,10-18H2,1-2H3,(H,24,25);1H. The van der Waals surface area contributed by atoms with E-state index in [-0.39, 0.29) is 24.0 Å². The number of hydrogen-bond acceptors (Lipinski definition) is 3. The molecule has 5 nitrogen and oxygen atoms in total. The van der Waals surface area contributed by atoms with Crippen LogP contribution in [0.5, 0.6) is 0 Å². The van der Waals surface area contributed by atoms with E-state index in [1.807, 2.05) is 0 Å². The molecule has 162 valence electrons. The summed E-state index contributed by atoms with van der Waals surface area (Å²) in [5.41, 5.74) is 3.08. The van der Waals surface area contributed by atoms with E-state index in [4.69, 9.17) is 9.73 Å². The Balaban J connectivity index is 0.00000240. The van der Waals surface area contributed by atoms with Gasteiger partial charge in [-0.25, -0.2) is 0 Å². The van der Waals surface area contributed by atoms with Gasteiger partial charge in [0.2, 0.25) is 0 Å². The highest BCUT2D eigenvalue weighted by molar-refractivity contribution is 14.0. The molecule has 2 atom stereocenters. The zero-order valence-electron chi connectivity index (χ0n) is 18.0. The largest absolute Gasteiger partial charge is 0.381 e. The van der Waals surface area contributed by atoms with E-state index in [9.17, 15) is 0 Å². The van der Waals surface area contributed by atoms with Crippen molar-refractivity contribution >= 4 is 29.9 Å². The van der Waals surface area contributed by atoms with Crippen molar-refractivity contribution in [1.29, 1.82) is 0 Å². The first-order valence-electron chi connectivity index (χ1n) is 11.1. The van der Waals surface area contributed by atoms with Gasteiger partial charge in [0, 0.05) is 31.7 Å². The van der Waals surface area contributed by atoms with E-state index in [1.165, 1.54) is 49.9 Å². The molecule has 3 aliphatic rings. The quantitative estimate of drug-likeness (QED) is 0.370. The number of rotatable bonds is 5. The van der Waals surface area contributed by atoms with Crippen molar-refractivity contribution in [2.24, 2.45) is 10.4 Å². The van der Waals surface area contributed by atoms with Crippen LogP contribution in [-0.2, 0) is 4.74 Å². The van der Waals surface area contributed by atoms with Crippen LogP contribution in [0.3, 0.4) is 0 Å². The van der Waals surface area contributed by atoms with Gasteiger partial charge >= 0.3 is 0 Å². The predicted molar refractivity (Wildman–Crippen MR) is 130 cm³/mol. The van der Waals surface area contributed by atoms with Crippen LogP contribution >= 0.6 is 24.0 Å². The number of ether oxygens (including phenoxy) is 1. The number of aliphatic imine (C=N–C) groups is 1. The van der Waals surface area contributed by atoms with E-state index in [0.29, 0.717) is 11.5 Å². The van der Waals surface area contributed by atoms with Crippen molar-refractivity contribution < 1.29 is 4.74 Å². The smallest absolute Gasteiger partial charge is 0.194 e. The normalized spacial score (nSPS) is 26.1. The summed E-state index contributed by atoms with van der Waals surface area (Å²) in [6.07, 6.45) is 5.04. The maximum absolute atomic E-state index is 5.71. The molecule has 3 heterocycles. The summed E-state index contributed by atoms with van der Waals surface area (Å²) >= 11 is 0. The lowest BCUT2D eigenvalue weighted by Gasteiger charge is -2.29. The molecule has 3 aliphatic heterocycles. The number of halogens is 1. The zero-order chi connectivity index (χ0) is 19.4. The molecule has 0 aliphatic carbocycles. The summed E-state index contributed by atoms with van der Waals surface area (Å²) in [5.74, 6) is 1.09. The Morgan fingerprint density at radius 2 is 1.93 bits per heavy atom. The molecule has 29 heavy (non-hydrogen) atoms. The van der Waals surface area contributed by atoms with Gasteiger partial charge in [-0.3, -0.25) is 9.89 Å². The third-order valence-electron chi connectivity index (χ3n) is 6.72. The molecule has 0 amide bonds. The molecular formula is C23H37IN4O. The summed E-state index contributed by atoms with van der Waals surface area (Å²) in [4.78, 5) is 10.2. The van der Waals surface area contributed by atoms with Crippen molar-refractivity contribution in [2.45, 2.75) is 45.6 Å². The first-order valence-corrected chi connectivity index (χ1v) is 11.1. The number of guanidine groups is 1. The summed E-state index contributed by atoms with van der Waals surface area (Å²) in [5, 5.41) is 3.55. The molecular weight excluding hydrogens is 475 g/mol. The van der Waals surface area contributed by atoms with Gasteiger partial charge in [0.05, 0.1) is 19.2 Å². The van der Waals surface area contributed by atoms with Gasteiger partial charge in [0.15, 0.2) is 5.96 Å². The predicted octanol–water partition coefficient (Wildman–Crippen LogP) is 3.83. The van der Waals surface area contributed by atoms with Crippen LogP contribution in [0.15, 0.2) is 29.3 Å². The first kappa shape index (κ1) is 22.8. The second kappa shape index (κ2) is 10.4. The first-order chi connectivity index (χ1) is 13.7. The molecule has 1 aromatic carbocycles. The van der Waals surface area contributed by atoms with Gasteiger partial charge in [-0.15, -0.1) is 24.0 Å². The molecule has 0 bridgehead atoms. The maximum atomic E-state index is 5.71. The Kier molecular flexibility index (Phi) is 8.22. The topological polar surface area (TPSA) is 40.1 Å². The number of benzene rings is 1. The van der Waals surface area contributed by atoms with Gasteiger partial charge in [-0.05, 0) is 58.2 Å². The average Bonchev–Trinajstić information content (AvgIpc) is 3.46. The molecule has 0 aromatic heterocycles. The average molecular weight is 512 g/mol. The van der Waals surface area contributed by atoms with Gasteiger partial charge in [-0.1, -0.05) is 29.8 Å². The Morgan fingerprint density at radius 3 is 2.59 bits per heavy atom. The molecule has 0 saturated carbocycles. The number of nitrogens with one attached hydrogen (secondary N) is 1. The molecule has 4 rings (SSSR count). The third kappa shape index (κ3) is 5.44. The monoisotopic (exact) mass is 512 g/mol. The van der Waals surface area contributed by atoms with Gasteiger partial charge in [0.25, 0.3) is 0 Å². The van der Waals surface area contributed by atoms with Crippen molar-refractivity contribution in [3.63, 3.8) is 0 Å². The van der Waals surface area contributed by atoms with Gasteiger partial charge < -0.3 is 15.0 Å². The van der Waals surface area contributed by atoms with Crippen molar-refractivity contribution in [1.82, 2.24) is 15.1 Å². The molecule has 3 fully saturated rings. The lowest BCUT2D eigenvalue weighted by molar-refractivity contribution is 0.156. The highest BCUT2D eigenvalue weighted by atomic mass is 127. The Morgan fingerprint density at radius 1 is 1.17 bits per heavy atom. The van der Waals surface area contributed by atoms with Crippen molar-refractivity contribution in [3.8, 4) is 0 Å². The summed E-state index contributed by atoms with van der Waals surface area (Å²) in [7, 11) is 0. The molecule has 2 unspecified atom stereocenters. The van der Waals surface area contributed by atoms with Crippen molar-refractivity contribution in [3.05, 3.63) is 35.4 Å². The minimum atomic E-state index is 0. The Labute approximate surface area is 193 Å². The maximum Gasteiger partial charge on any atom is 0.194 e. The Hall–Kier alpha value is -0.860. The number of likely N-dealkylation sites (tertiary alicyclic amines) is 2. The van der Waals surface area contributed by atoms with Crippen LogP contribution in [0, 0.1) is 12.3 Å². The van der Waals surface area contributed by atoms with E-state index in [2.05, 4.69) is 53.2 Å². The number of nitrogens with zero attached hydrogens (tertiary/aromatic N) is 3. The summed E-state index contributed by atoms with van der Waals surface area (Å²) in [6.45, 7) is 12.5. The summed E-state index contributed by atoms with van der Waals surface area (Å²) < 4.78 is 5.71. The molecule has 1 spiro atoms. The molecule has 0 radical (unpaired) electrons. The van der Waals surface area contributed by atoms with E-state index in [0.717, 1.165) is 45.4 Å². The van der Waals surface area contributed by atoms with Crippen LogP contribution in [0.1, 0.15) is 49.8 Å². The number of aryl methyl sites for hydroxylation is 1. The fourth-order valence-corrected chi connectivity index (χ4v) is 4.96. The lowest BCUT2D eigenvalue weighted by atomic mass is 9.87. The highest BCUT2D eigenvalue weighted by Gasteiger charge is 2.42. The zero-order valence-corrected chi connectivity index (χ0v) is 20.4. The van der Waals surface area contributed by atoms with E-state index >= 15 is 0 Å². The van der Waals surface area contributed by atoms with Crippen LogP contribution < -0.4 is 5.32 Å². The highest BCUT2D eigenvalue weighted by Crippen LogP contribution is 2.38. The van der Waals surface area contributed by atoms with Crippen LogP contribution in [0.4, 0.5) is 0 Å². The van der Waals surface area contributed by atoms with Crippen molar-refractivity contribution in [2.75, 3.05) is 52.5 Å². The minimum Gasteiger partial charge on any atom is -0.381 e. The van der Waals surface area contributed by atoms with Crippen LogP contribution in [0.2, 0.25) is 0 Å². The Bertz CT molecular complexity index is 666. The SMILES string of the molecule is CCNC(=NCC(c1ccc(C)cc1)N1CCCC1)N1CCC2(CCOC2)C1.I. The van der Waals surface area contributed by atoms with Crippen LogP contribution in [-0.4, -0.2) is 68.2 Å². The van der Waals surface area contributed by atoms with Gasteiger partial charge in [-0.2, -0.15) is 0 Å². The molecule has 6 heteroatoms. The third-order valence-corrected chi connectivity index (χ3v) is 6.72. The summed E-state index contributed by atoms with van der Waals surface area (Å²) in [6, 6.07) is 9.43. The fraction of sp³-hybridized carbons (Fsp3) is 0.696. The lowest BCUT2D eigenvalue weighted by Crippen LogP contribution is -2.42. The minimum absolute atomic E-state index is 0. The van der Waals surface area contributed by atoms with Crippen LogP contribution in [0.25, 0.3) is 0 Å². The van der Waals surface area contributed by atoms with E-state index in [1.54, 1.807) is 0 Å². The second-order valence-electron chi connectivity index (χ2n) is 8.84.